The molecule has 0 aliphatic heterocycles. The Labute approximate surface area is 241 Å². The van der Waals surface area contributed by atoms with Crippen LogP contribution in [-0.2, 0) is 25.6 Å². The molecule has 42 heavy (non-hydrogen) atoms. The molecular weight excluding hydrogens is 546 g/mol. The van der Waals surface area contributed by atoms with E-state index in [0.29, 0.717) is 28.3 Å². The lowest BCUT2D eigenvalue weighted by atomic mass is 10.1. The number of amides is 4. The van der Waals surface area contributed by atoms with Crippen molar-refractivity contribution in [1.82, 2.24) is 10.3 Å². The lowest BCUT2D eigenvalue weighted by Gasteiger charge is -2.17. The van der Waals surface area contributed by atoms with E-state index in [1.165, 1.54) is 25.4 Å². The number of carboxylic acids is 2. The van der Waals surface area contributed by atoms with Gasteiger partial charge in [-0.3, -0.25) is 19.2 Å². The number of hydrogen-bond acceptors (Lipinski definition) is 7. The number of carbonyl (C=O) groups excluding carboxylic acids is 3. The quantitative estimate of drug-likeness (QED) is 0.175. The molecule has 0 bridgehead atoms. The van der Waals surface area contributed by atoms with Crippen LogP contribution >= 0.6 is 0 Å². The van der Waals surface area contributed by atoms with Gasteiger partial charge in [0.15, 0.2) is 0 Å². The Morgan fingerprint density at radius 3 is 2.24 bits per heavy atom. The number of benzene rings is 2. The number of carbonyl (C=O) groups is 5. The van der Waals surface area contributed by atoms with E-state index in [0.717, 1.165) is 5.56 Å². The van der Waals surface area contributed by atoms with Gasteiger partial charge in [0.1, 0.15) is 11.6 Å². The summed E-state index contributed by atoms with van der Waals surface area (Å²) < 4.78 is 5.39. The molecule has 2 aromatic carbocycles. The van der Waals surface area contributed by atoms with Crippen molar-refractivity contribution in [3.8, 4) is 5.75 Å². The fraction of sp³-hybridized carbons (Fsp3) is 0.241. The highest BCUT2D eigenvalue weighted by molar-refractivity contribution is 6.01. The first kappa shape index (κ1) is 31.1. The number of nitrogens with zero attached hydrogens (tertiary/aromatic N) is 1. The van der Waals surface area contributed by atoms with Gasteiger partial charge in [0.2, 0.25) is 11.8 Å². The molecule has 0 saturated heterocycles. The molecule has 13 nitrogen and oxygen atoms in total. The van der Waals surface area contributed by atoms with Crippen molar-refractivity contribution in [1.29, 1.82) is 0 Å². The van der Waals surface area contributed by atoms with Crippen LogP contribution in [0.1, 0.15) is 42.0 Å². The second kappa shape index (κ2) is 14.8. The summed E-state index contributed by atoms with van der Waals surface area (Å²) in [4.78, 5) is 63.3. The summed E-state index contributed by atoms with van der Waals surface area (Å²) in [7, 11) is 1.45. The number of para-hydroxylation sites is 1. The van der Waals surface area contributed by atoms with Crippen molar-refractivity contribution in [3.63, 3.8) is 0 Å². The number of rotatable bonds is 13. The summed E-state index contributed by atoms with van der Waals surface area (Å²) in [6.07, 6.45) is 0.175. The molecule has 1 aromatic heterocycles. The second-order valence-electron chi connectivity index (χ2n) is 9.24. The normalized spacial score (nSPS) is 11.1. The maximum atomic E-state index is 12.7. The van der Waals surface area contributed by atoms with Crippen LogP contribution in [0.2, 0.25) is 0 Å². The number of hydrogen-bond donors (Lipinski definition) is 6. The van der Waals surface area contributed by atoms with Crippen LogP contribution < -0.4 is 26.0 Å². The Balaban J connectivity index is 1.60. The molecule has 1 unspecified atom stereocenters. The van der Waals surface area contributed by atoms with Crippen molar-refractivity contribution in [3.05, 3.63) is 77.5 Å². The topological polar surface area (TPSA) is 196 Å². The number of methoxy groups -OCH3 is 1. The first-order valence-corrected chi connectivity index (χ1v) is 12.8. The van der Waals surface area contributed by atoms with E-state index in [1.54, 1.807) is 24.3 Å². The minimum Gasteiger partial charge on any atom is -0.495 e. The smallest absolute Gasteiger partial charge is 0.323 e. The van der Waals surface area contributed by atoms with E-state index in [9.17, 15) is 29.1 Å². The molecule has 220 valence electrons. The Bertz CT molecular complexity index is 1460. The number of pyridine rings is 1. The summed E-state index contributed by atoms with van der Waals surface area (Å²) in [5.74, 6) is -2.75. The maximum absolute atomic E-state index is 12.7. The standard InChI is InChI=1S/C29H31N5O8/c1-17-5-3-4-6-20(17)32-29(41)33-21-9-7-18(13-23(21)42-2)14-26(36)34-24-10-8-19(16-30-24)22(15-28(39)40)31-25(35)11-12-27(37)38/h3-10,13,16,22H,11-12,14-15H2,1-2H3,(H,31,35)(H,37,38)(H,39,40)(H,30,34,36)(H2,32,33,41). The fourth-order valence-corrected chi connectivity index (χ4v) is 3.91. The molecule has 1 heterocycles. The summed E-state index contributed by atoms with van der Waals surface area (Å²) in [6.45, 7) is 1.88. The number of ether oxygens (including phenoxy) is 1. The van der Waals surface area contributed by atoms with Gasteiger partial charge >= 0.3 is 18.0 Å². The molecule has 13 heteroatoms. The highest BCUT2D eigenvalue weighted by Crippen LogP contribution is 2.27. The van der Waals surface area contributed by atoms with Crippen molar-refractivity contribution >= 4 is 47.0 Å². The van der Waals surface area contributed by atoms with Crippen LogP contribution in [0.5, 0.6) is 5.75 Å². The average Bonchev–Trinajstić information content (AvgIpc) is 2.93. The van der Waals surface area contributed by atoms with E-state index in [2.05, 4.69) is 26.3 Å². The zero-order valence-electron chi connectivity index (χ0n) is 23.0. The molecule has 0 saturated carbocycles. The Morgan fingerprint density at radius 1 is 0.857 bits per heavy atom. The zero-order valence-corrected chi connectivity index (χ0v) is 23.0. The monoisotopic (exact) mass is 577 g/mol. The Hall–Kier alpha value is -5.46. The van der Waals surface area contributed by atoms with Crippen molar-refractivity contribution in [2.24, 2.45) is 0 Å². The molecule has 6 N–H and O–H groups in total. The highest BCUT2D eigenvalue weighted by atomic mass is 16.5. The molecule has 4 amide bonds. The third-order valence-corrected chi connectivity index (χ3v) is 6.01. The molecule has 0 radical (unpaired) electrons. The molecule has 0 fully saturated rings. The first-order chi connectivity index (χ1) is 20.0. The number of nitrogens with one attached hydrogen (secondary N) is 4. The molecule has 3 aromatic rings. The average molecular weight is 578 g/mol. The van der Waals surface area contributed by atoms with Gasteiger partial charge in [0.25, 0.3) is 0 Å². The number of aryl methyl sites for hydroxylation is 1. The number of aromatic nitrogens is 1. The third-order valence-electron chi connectivity index (χ3n) is 6.01. The van der Waals surface area contributed by atoms with Crippen LogP contribution in [0, 0.1) is 6.92 Å². The van der Waals surface area contributed by atoms with E-state index in [-0.39, 0.29) is 31.0 Å². The lowest BCUT2D eigenvalue weighted by Crippen LogP contribution is -2.30. The molecule has 0 spiro atoms. The predicted molar refractivity (Wildman–Crippen MR) is 153 cm³/mol. The van der Waals surface area contributed by atoms with E-state index < -0.39 is 36.3 Å². The number of anilines is 3. The summed E-state index contributed by atoms with van der Waals surface area (Å²) in [5.41, 5.74) is 2.97. The van der Waals surface area contributed by atoms with Crippen molar-refractivity contribution in [2.45, 2.75) is 38.6 Å². The largest absolute Gasteiger partial charge is 0.495 e. The van der Waals surface area contributed by atoms with Gasteiger partial charge in [-0.05, 0) is 47.9 Å². The zero-order chi connectivity index (χ0) is 30.6. The third kappa shape index (κ3) is 9.62. The van der Waals surface area contributed by atoms with E-state index in [1.807, 2.05) is 25.1 Å². The van der Waals surface area contributed by atoms with Gasteiger partial charge in [0.05, 0.1) is 38.1 Å². The Morgan fingerprint density at radius 2 is 1.60 bits per heavy atom. The summed E-state index contributed by atoms with van der Waals surface area (Å²) in [5, 5.41) is 28.6. The first-order valence-electron chi connectivity index (χ1n) is 12.8. The van der Waals surface area contributed by atoms with E-state index in [4.69, 9.17) is 9.84 Å². The Kier molecular flexibility index (Phi) is 10.9. The van der Waals surface area contributed by atoms with Crippen LogP contribution in [0.3, 0.4) is 0 Å². The predicted octanol–water partition coefficient (Wildman–Crippen LogP) is 3.72. The molecule has 1 atom stereocenters. The maximum Gasteiger partial charge on any atom is 0.323 e. The molecule has 0 aliphatic rings. The molecule has 0 aliphatic carbocycles. The second-order valence-corrected chi connectivity index (χ2v) is 9.24. The van der Waals surface area contributed by atoms with E-state index >= 15 is 0 Å². The minimum atomic E-state index is -1.17. The van der Waals surface area contributed by atoms with Gasteiger partial charge < -0.3 is 36.2 Å². The lowest BCUT2D eigenvalue weighted by molar-refractivity contribution is -0.140. The minimum absolute atomic E-state index is 0.0310. The number of carboxylic acid groups (broad SMARTS) is 2. The van der Waals surface area contributed by atoms with Crippen LogP contribution in [0.15, 0.2) is 60.8 Å². The van der Waals surface area contributed by atoms with Gasteiger partial charge in [-0.2, -0.15) is 0 Å². The highest BCUT2D eigenvalue weighted by Gasteiger charge is 2.19. The van der Waals surface area contributed by atoms with Gasteiger partial charge in [-0.1, -0.05) is 30.3 Å². The summed E-state index contributed by atoms with van der Waals surface area (Å²) >= 11 is 0. The van der Waals surface area contributed by atoms with Gasteiger partial charge in [0, 0.05) is 18.3 Å². The van der Waals surface area contributed by atoms with Crippen LogP contribution in [0.4, 0.5) is 22.0 Å². The van der Waals surface area contributed by atoms with Crippen LogP contribution in [-0.4, -0.2) is 52.1 Å². The van der Waals surface area contributed by atoms with Gasteiger partial charge in [-0.25, -0.2) is 9.78 Å². The number of aliphatic carboxylic acids is 2. The number of urea groups is 1. The van der Waals surface area contributed by atoms with Crippen molar-refractivity contribution < 1.29 is 38.9 Å². The van der Waals surface area contributed by atoms with Crippen LogP contribution in [0.25, 0.3) is 0 Å². The SMILES string of the molecule is COc1cc(CC(=O)Nc2ccc(C(CC(=O)O)NC(=O)CCC(=O)O)cn2)ccc1NC(=O)Nc1ccccc1C. The van der Waals surface area contributed by atoms with Crippen molar-refractivity contribution in [2.75, 3.05) is 23.1 Å². The molecular formula is C29H31N5O8. The summed E-state index contributed by atoms with van der Waals surface area (Å²) in [6, 6.07) is 13.9. The fourth-order valence-electron chi connectivity index (χ4n) is 3.91. The molecule has 3 rings (SSSR count). The van der Waals surface area contributed by atoms with Gasteiger partial charge in [-0.15, -0.1) is 0 Å².